The van der Waals surface area contributed by atoms with Gasteiger partial charge < -0.3 is 15.2 Å². The van der Waals surface area contributed by atoms with Crippen LogP contribution in [-0.2, 0) is 9.59 Å². The zero-order valence-electron chi connectivity index (χ0n) is 15.9. The maximum absolute atomic E-state index is 13.3. The Labute approximate surface area is 173 Å². The van der Waals surface area contributed by atoms with E-state index in [1.165, 1.54) is 18.2 Å². The third kappa shape index (κ3) is 5.08. The monoisotopic (exact) mass is 403 g/mol. The summed E-state index contributed by atoms with van der Waals surface area (Å²) in [5.41, 5.74) is 1.62. The van der Waals surface area contributed by atoms with Crippen molar-refractivity contribution < 1.29 is 19.6 Å². The molecule has 0 aromatic heterocycles. The van der Waals surface area contributed by atoms with Gasteiger partial charge in [-0.15, -0.1) is 0 Å². The summed E-state index contributed by atoms with van der Waals surface area (Å²) >= 11 is 0. The molecule has 7 heteroatoms. The van der Waals surface area contributed by atoms with Gasteiger partial charge in [0.2, 0.25) is 5.91 Å². The van der Waals surface area contributed by atoms with E-state index in [1.807, 2.05) is 60.7 Å². The molecule has 0 fully saturated rings. The van der Waals surface area contributed by atoms with Gasteiger partial charge >= 0.3 is 0 Å². The number of carboxylic acid groups (broad SMARTS) is 1. The minimum atomic E-state index is -1.37. The van der Waals surface area contributed by atoms with Crippen LogP contribution in [0.15, 0.2) is 84.9 Å². The van der Waals surface area contributed by atoms with E-state index in [0.29, 0.717) is 5.56 Å². The smallest absolute Gasteiger partial charge is 0.269 e. The number of carbonyl (C=O) groups excluding carboxylic acids is 2. The molecule has 0 spiro atoms. The normalized spacial score (nSPS) is 11.6. The Bertz CT molecular complexity index is 998. The second-order valence-electron chi connectivity index (χ2n) is 6.74. The Morgan fingerprint density at radius 1 is 0.833 bits per heavy atom. The number of carboxylic acids is 1. The molecule has 0 saturated carbocycles. The first-order valence-electron chi connectivity index (χ1n) is 9.30. The summed E-state index contributed by atoms with van der Waals surface area (Å²) in [6.45, 7) is 0. The van der Waals surface area contributed by atoms with Crippen LogP contribution in [0.1, 0.15) is 35.1 Å². The maximum Gasteiger partial charge on any atom is 0.269 e. The van der Waals surface area contributed by atoms with E-state index < -0.39 is 35.2 Å². The third-order valence-corrected chi connectivity index (χ3v) is 4.70. The number of non-ortho nitro benzene ring substituents is 1. The van der Waals surface area contributed by atoms with E-state index in [9.17, 15) is 24.8 Å². The minimum absolute atomic E-state index is 0.187. The van der Waals surface area contributed by atoms with E-state index in [0.717, 1.165) is 11.1 Å². The van der Waals surface area contributed by atoms with Gasteiger partial charge in [-0.2, -0.15) is 0 Å². The predicted molar refractivity (Wildman–Crippen MR) is 108 cm³/mol. The van der Waals surface area contributed by atoms with Crippen LogP contribution < -0.4 is 10.4 Å². The summed E-state index contributed by atoms with van der Waals surface area (Å²) in [6.07, 6.45) is -0.511. The van der Waals surface area contributed by atoms with Gasteiger partial charge in [0.15, 0.2) is 0 Å². The Morgan fingerprint density at radius 2 is 1.37 bits per heavy atom. The van der Waals surface area contributed by atoms with Crippen LogP contribution in [0.2, 0.25) is 0 Å². The number of nitro benzene ring substituents is 1. The van der Waals surface area contributed by atoms with E-state index >= 15 is 0 Å². The van der Waals surface area contributed by atoms with Crippen molar-refractivity contribution in [3.05, 3.63) is 112 Å². The summed E-state index contributed by atoms with van der Waals surface area (Å²) < 4.78 is 0. The molecule has 0 saturated heterocycles. The molecule has 1 N–H and O–H groups in total. The second-order valence-corrected chi connectivity index (χ2v) is 6.74. The Balaban J connectivity index is 1.95. The molecule has 0 aliphatic heterocycles. The Hall–Kier alpha value is -4.00. The molecule has 0 unspecified atom stereocenters. The van der Waals surface area contributed by atoms with Crippen LogP contribution in [0.25, 0.3) is 0 Å². The van der Waals surface area contributed by atoms with Crippen molar-refractivity contribution in [3.63, 3.8) is 0 Å². The van der Waals surface area contributed by atoms with Gasteiger partial charge in [0.1, 0.15) is 0 Å². The lowest BCUT2D eigenvalue weighted by Gasteiger charge is -2.24. The average Bonchev–Trinajstić information content (AvgIpc) is 2.75. The van der Waals surface area contributed by atoms with E-state index in [2.05, 4.69) is 5.32 Å². The van der Waals surface area contributed by atoms with Crippen molar-refractivity contribution in [2.45, 2.75) is 18.4 Å². The third-order valence-electron chi connectivity index (χ3n) is 4.70. The first kappa shape index (κ1) is 20.7. The highest BCUT2D eigenvalue weighted by atomic mass is 16.6. The van der Waals surface area contributed by atoms with Gasteiger partial charge in [0, 0.05) is 24.5 Å². The van der Waals surface area contributed by atoms with Crippen molar-refractivity contribution in [1.29, 1.82) is 0 Å². The number of aliphatic carboxylic acids is 1. The van der Waals surface area contributed by atoms with E-state index in [-0.39, 0.29) is 5.69 Å². The molecule has 1 amide bonds. The molecule has 0 aliphatic rings. The number of nitro groups is 1. The van der Waals surface area contributed by atoms with Crippen LogP contribution in [0.5, 0.6) is 0 Å². The fourth-order valence-electron chi connectivity index (χ4n) is 3.32. The molecule has 0 aliphatic carbocycles. The topological polar surface area (TPSA) is 112 Å². The molecule has 30 heavy (non-hydrogen) atoms. The average molecular weight is 403 g/mol. The number of nitrogens with zero attached hydrogens (tertiary/aromatic N) is 1. The van der Waals surface area contributed by atoms with Gasteiger partial charge in [-0.25, -0.2) is 0 Å². The van der Waals surface area contributed by atoms with Crippen molar-refractivity contribution >= 4 is 17.6 Å². The molecule has 3 rings (SSSR count). The first-order chi connectivity index (χ1) is 14.5. The van der Waals surface area contributed by atoms with Crippen molar-refractivity contribution in [2.75, 3.05) is 0 Å². The number of hydrogen-bond donors (Lipinski definition) is 1. The fraction of sp³-hybridized carbons (Fsp3) is 0.130. The van der Waals surface area contributed by atoms with Crippen LogP contribution >= 0.6 is 0 Å². The van der Waals surface area contributed by atoms with E-state index in [4.69, 9.17) is 0 Å². The summed E-state index contributed by atoms with van der Waals surface area (Å²) in [7, 11) is 0. The largest absolute Gasteiger partial charge is 0.550 e. The van der Waals surface area contributed by atoms with Crippen LogP contribution in [0.4, 0.5) is 5.69 Å². The predicted octanol–water partition coefficient (Wildman–Crippen LogP) is 2.72. The highest BCUT2D eigenvalue weighted by molar-refractivity contribution is 5.87. The number of hydrogen-bond acceptors (Lipinski definition) is 5. The lowest BCUT2D eigenvalue weighted by molar-refractivity contribution is -0.385. The molecule has 152 valence electrons. The lowest BCUT2D eigenvalue weighted by atomic mass is 9.90. The molecule has 3 aromatic rings. The van der Waals surface area contributed by atoms with Crippen LogP contribution in [-0.4, -0.2) is 16.8 Å². The molecular weight excluding hydrogens is 384 g/mol. The van der Waals surface area contributed by atoms with Crippen molar-refractivity contribution in [1.82, 2.24) is 5.32 Å². The zero-order valence-corrected chi connectivity index (χ0v) is 15.9. The van der Waals surface area contributed by atoms with Gasteiger partial charge in [-0.3, -0.25) is 14.9 Å². The van der Waals surface area contributed by atoms with Gasteiger partial charge in [-0.1, -0.05) is 72.8 Å². The summed E-state index contributed by atoms with van der Waals surface area (Å²) in [6, 6.07) is 22.8. The number of nitrogens with one attached hydrogen (secondary N) is 1. The summed E-state index contributed by atoms with van der Waals surface area (Å²) in [5.74, 6) is -2.46. The van der Waals surface area contributed by atoms with E-state index in [1.54, 1.807) is 6.07 Å². The number of amides is 1. The van der Waals surface area contributed by atoms with Crippen molar-refractivity contribution in [3.8, 4) is 0 Å². The summed E-state index contributed by atoms with van der Waals surface area (Å²) in [4.78, 5) is 35.1. The number of benzene rings is 3. The van der Waals surface area contributed by atoms with Crippen LogP contribution in [0, 0.1) is 10.1 Å². The number of carbonyl (C=O) groups is 2. The number of rotatable bonds is 8. The van der Waals surface area contributed by atoms with Gasteiger partial charge in [0.25, 0.3) is 5.69 Å². The summed E-state index contributed by atoms with van der Waals surface area (Å²) in [5, 5.41) is 25.1. The molecule has 7 nitrogen and oxygen atoms in total. The molecule has 0 radical (unpaired) electrons. The lowest BCUT2D eigenvalue weighted by Crippen LogP contribution is -2.37. The van der Waals surface area contributed by atoms with Crippen molar-refractivity contribution in [2.24, 2.45) is 0 Å². The fourth-order valence-corrected chi connectivity index (χ4v) is 3.32. The second kappa shape index (κ2) is 9.47. The quantitative estimate of drug-likeness (QED) is 0.459. The van der Waals surface area contributed by atoms with Crippen LogP contribution in [0.3, 0.4) is 0 Å². The highest BCUT2D eigenvalue weighted by Gasteiger charge is 2.26. The molecular formula is C23H19N2O5-. The van der Waals surface area contributed by atoms with Gasteiger partial charge in [-0.05, 0) is 16.7 Å². The first-order valence-corrected chi connectivity index (χ1v) is 9.30. The minimum Gasteiger partial charge on any atom is -0.550 e. The van der Waals surface area contributed by atoms with Gasteiger partial charge in [0.05, 0.1) is 16.9 Å². The SMILES string of the molecule is O=C([O-])C[C@@H](NC(=O)C(c1ccccc1)c1ccccc1)c1cccc([N+](=O)[O-])c1. The molecule has 0 heterocycles. The Morgan fingerprint density at radius 3 is 1.87 bits per heavy atom. The zero-order chi connectivity index (χ0) is 21.5. The molecule has 3 aromatic carbocycles. The standard InChI is InChI=1S/C23H20N2O5/c26-21(27)15-20(18-12-7-13-19(14-18)25(29)30)24-23(28)22(16-8-3-1-4-9-16)17-10-5-2-6-11-17/h1-14,20,22H,15H2,(H,24,28)(H,26,27)/p-1/t20-/m1/s1. The maximum atomic E-state index is 13.3. The highest BCUT2D eigenvalue weighted by Crippen LogP contribution is 2.27. The Kier molecular flexibility index (Phi) is 6.54. The molecule has 0 bridgehead atoms. The molecule has 1 atom stereocenters.